The zero-order valence-corrected chi connectivity index (χ0v) is 19.6. The molecule has 174 valence electrons. The number of para-hydroxylation sites is 1. The third-order valence-electron chi connectivity index (χ3n) is 5.30. The van der Waals surface area contributed by atoms with Gasteiger partial charge in [-0.25, -0.2) is 14.8 Å². The van der Waals surface area contributed by atoms with Crippen LogP contribution in [0.25, 0.3) is 10.9 Å². The maximum atomic E-state index is 13.1. The minimum absolute atomic E-state index is 0.104. The van der Waals surface area contributed by atoms with Crippen LogP contribution >= 0.6 is 11.8 Å². The van der Waals surface area contributed by atoms with Crippen molar-refractivity contribution in [3.8, 4) is 0 Å². The zero-order chi connectivity index (χ0) is 24.2. The molecule has 0 amide bonds. The summed E-state index contributed by atoms with van der Waals surface area (Å²) in [5, 5.41) is 4.49. The maximum Gasteiger partial charge on any atom is 0.332 e. The minimum Gasteiger partial charge on any atom is -0.384 e. The summed E-state index contributed by atoms with van der Waals surface area (Å²) in [6.07, 6.45) is 0. The molecular formula is C24H24N6O3S. The molecule has 3 N–H and O–H groups in total. The number of carbonyl (C=O) groups is 1. The van der Waals surface area contributed by atoms with Crippen molar-refractivity contribution >= 4 is 40.1 Å². The van der Waals surface area contributed by atoms with Crippen molar-refractivity contribution in [2.75, 3.05) is 23.3 Å². The predicted molar refractivity (Wildman–Crippen MR) is 135 cm³/mol. The quantitative estimate of drug-likeness (QED) is 0.226. The number of Topliss-reactive ketones (excluding diaryl/α,β-unsaturated/α-hetero) is 1. The van der Waals surface area contributed by atoms with Crippen LogP contribution in [-0.4, -0.2) is 37.2 Å². The van der Waals surface area contributed by atoms with E-state index in [-0.39, 0.29) is 23.7 Å². The third kappa shape index (κ3) is 4.58. The Hall–Kier alpha value is -3.92. The molecule has 9 nitrogen and oxygen atoms in total. The standard InChI is InChI=1S/C24H24N6O3S/c1-3-26-21-16-11-7-8-12-17(16)27-23(28-21)34-14-18(31)19-20(25)30(24(33)29(2)22(19)32)13-15-9-5-4-6-10-15/h4-12H,3,13-14,25H2,1-2H3,(H,26,27,28). The van der Waals surface area contributed by atoms with E-state index in [4.69, 9.17) is 5.73 Å². The van der Waals surface area contributed by atoms with Crippen LogP contribution in [0.4, 0.5) is 11.6 Å². The average molecular weight is 477 g/mol. The van der Waals surface area contributed by atoms with Crippen LogP contribution in [-0.2, 0) is 13.6 Å². The predicted octanol–water partition coefficient (Wildman–Crippen LogP) is 2.53. The van der Waals surface area contributed by atoms with Gasteiger partial charge in [0.1, 0.15) is 17.2 Å². The van der Waals surface area contributed by atoms with Crippen LogP contribution in [0.15, 0.2) is 69.3 Å². The van der Waals surface area contributed by atoms with E-state index in [9.17, 15) is 14.4 Å². The Morgan fingerprint density at radius 2 is 1.76 bits per heavy atom. The topological polar surface area (TPSA) is 125 Å². The molecule has 0 saturated heterocycles. The van der Waals surface area contributed by atoms with Gasteiger partial charge in [0.05, 0.1) is 17.8 Å². The second-order valence-corrected chi connectivity index (χ2v) is 8.54. The van der Waals surface area contributed by atoms with Gasteiger partial charge in [0.15, 0.2) is 10.9 Å². The molecule has 2 aromatic heterocycles. The molecule has 0 spiro atoms. The number of nitrogens with two attached hydrogens (primary N) is 1. The highest BCUT2D eigenvalue weighted by Crippen LogP contribution is 2.25. The molecule has 0 saturated carbocycles. The molecule has 34 heavy (non-hydrogen) atoms. The molecule has 0 atom stereocenters. The molecule has 10 heteroatoms. The van der Waals surface area contributed by atoms with E-state index in [0.717, 1.165) is 32.8 Å². The molecule has 4 aromatic rings. The highest BCUT2D eigenvalue weighted by Gasteiger charge is 2.22. The van der Waals surface area contributed by atoms with E-state index in [2.05, 4.69) is 15.3 Å². The summed E-state index contributed by atoms with van der Waals surface area (Å²) in [6, 6.07) is 16.8. The number of nitrogens with zero attached hydrogens (tertiary/aromatic N) is 4. The molecular weight excluding hydrogens is 452 g/mol. The minimum atomic E-state index is -0.717. The van der Waals surface area contributed by atoms with Gasteiger partial charge in [-0.2, -0.15) is 0 Å². The van der Waals surface area contributed by atoms with Crippen LogP contribution < -0.4 is 22.3 Å². The third-order valence-corrected chi connectivity index (χ3v) is 6.15. The van der Waals surface area contributed by atoms with Crippen molar-refractivity contribution in [3.05, 3.63) is 86.6 Å². The Labute approximate surface area is 199 Å². The summed E-state index contributed by atoms with van der Waals surface area (Å²) >= 11 is 1.11. The number of fused-ring (bicyclic) bond motifs is 1. The molecule has 0 bridgehead atoms. The molecule has 0 aliphatic carbocycles. The number of rotatable bonds is 8. The summed E-state index contributed by atoms with van der Waals surface area (Å²) in [5.74, 6) is -0.0655. The first-order valence-electron chi connectivity index (χ1n) is 10.7. The first-order chi connectivity index (χ1) is 16.4. The molecule has 0 fully saturated rings. The first-order valence-corrected chi connectivity index (χ1v) is 11.7. The number of hydrogen-bond donors (Lipinski definition) is 2. The van der Waals surface area contributed by atoms with E-state index in [1.54, 1.807) is 0 Å². The van der Waals surface area contributed by atoms with E-state index >= 15 is 0 Å². The largest absolute Gasteiger partial charge is 0.384 e. The van der Waals surface area contributed by atoms with E-state index in [1.807, 2.05) is 61.5 Å². The molecule has 0 unspecified atom stereocenters. The average Bonchev–Trinajstić information content (AvgIpc) is 2.85. The lowest BCUT2D eigenvalue weighted by molar-refractivity contribution is 0.102. The highest BCUT2D eigenvalue weighted by molar-refractivity contribution is 7.99. The molecule has 0 aliphatic heterocycles. The van der Waals surface area contributed by atoms with Gasteiger partial charge in [-0.1, -0.05) is 54.2 Å². The lowest BCUT2D eigenvalue weighted by Gasteiger charge is -2.14. The summed E-state index contributed by atoms with van der Waals surface area (Å²) in [7, 11) is 1.34. The number of carbonyl (C=O) groups excluding carboxylic acids is 1. The monoisotopic (exact) mass is 476 g/mol. The Morgan fingerprint density at radius 3 is 2.50 bits per heavy atom. The number of ketones is 1. The Balaban J connectivity index is 1.65. The molecule has 4 rings (SSSR count). The number of thioether (sulfide) groups is 1. The Bertz CT molecular complexity index is 1480. The van der Waals surface area contributed by atoms with Crippen LogP contribution in [0.3, 0.4) is 0 Å². The van der Waals surface area contributed by atoms with E-state index < -0.39 is 17.0 Å². The maximum absolute atomic E-state index is 13.1. The lowest BCUT2D eigenvalue weighted by atomic mass is 10.2. The van der Waals surface area contributed by atoms with Gasteiger partial charge in [0, 0.05) is 19.0 Å². The molecule has 2 aromatic carbocycles. The smallest absolute Gasteiger partial charge is 0.332 e. The molecule has 0 aliphatic rings. The second-order valence-electron chi connectivity index (χ2n) is 7.59. The van der Waals surface area contributed by atoms with Crippen molar-refractivity contribution in [2.45, 2.75) is 18.6 Å². The van der Waals surface area contributed by atoms with Crippen LogP contribution in [0.1, 0.15) is 22.8 Å². The number of nitrogens with one attached hydrogen (secondary N) is 1. The zero-order valence-electron chi connectivity index (χ0n) is 18.8. The SMILES string of the molecule is CCNc1nc(SCC(=O)c2c(N)n(Cc3ccccc3)c(=O)n(C)c2=O)nc2ccccc12. The van der Waals surface area contributed by atoms with Crippen LogP contribution in [0.2, 0.25) is 0 Å². The van der Waals surface area contributed by atoms with Gasteiger partial charge in [-0.3, -0.25) is 18.7 Å². The fourth-order valence-electron chi connectivity index (χ4n) is 3.59. The van der Waals surface area contributed by atoms with Crippen molar-refractivity contribution in [2.24, 2.45) is 7.05 Å². The Kier molecular flexibility index (Phi) is 6.78. The summed E-state index contributed by atoms with van der Waals surface area (Å²) in [6.45, 7) is 2.79. The van der Waals surface area contributed by atoms with Crippen molar-refractivity contribution in [1.82, 2.24) is 19.1 Å². The molecule has 2 heterocycles. The van der Waals surface area contributed by atoms with Crippen LogP contribution in [0.5, 0.6) is 0 Å². The summed E-state index contributed by atoms with van der Waals surface area (Å²) in [4.78, 5) is 47.6. The number of nitrogen functional groups attached to an aromatic ring is 1. The second kappa shape index (κ2) is 9.92. The van der Waals surface area contributed by atoms with Crippen molar-refractivity contribution in [1.29, 1.82) is 0 Å². The van der Waals surface area contributed by atoms with Gasteiger partial charge >= 0.3 is 5.69 Å². The van der Waals surface area contributed by atoms with Crippen LogP contribution in [0, 0.1) is 0 Å². The number of hydrogen-bond acceptors (Lipinski definition) is 8. The lowest BCUT2D eigenvalue weighted by Crippen LogP contribution is -2.43. The first kappa shape index (κ1) is 23.2. The fraction of sp³-hybridized carbons (Fsp3) is 0.208. The van der Waals surface area contributed by atoms with E-state index in [0.29, 0.717) is 17.5 Å². The summed E-state index contributed by atoms with van der Waals surface area (Å²) < 4.78 is 2.15. The van der Waals surface area contributed by atoms with Crippen molar-refractivity contribution in [3.63, 3.8) is 0 Å². The van der Waals surface area contributed by atoms with Gasteiger partial charge < -0.3 is 11.1 Å². The van der Waals surface area contributed by atoms with E-state index in [1.165, 1.54) is 11.6 Å². The van der Waals surface area contributed by atoms with Gasteiger partial charge in [0.2, 0.25) is 0 Å². The normalized spacial score (nSPS) is 11.0. The molecule has 0 radical (unpaired) electrons. The number of anilines is 2. The van der Waals surface area contributed by atoms with Gasteiger partial charge in [0.25, 0.3) is 5.56 Å². The van der Waals surface area contributed by atoms with Gasteiger partial charge in [-0.15, -0.1) is 0 Å². The fourth-order valence-corrected chi connectivity index (χ4v) is 4.31. The number of aromatic nitrogens is 4. The van der Waals surface area contributed by atoms with Gasteiger partial charge in [-0.05, 0) is 24.6 Å². The number of benzene rings is 2. The van der Waals surface area contributed by atoms with Crippen molar-refractivity contribution < 1.29 is 4.79 Å². The summed E-state index contributed by atoms with van der Waals surface area (Å²) in [5.41, 5.74) is 6.25. The Morgan fingerprint density at radius 1 is 1.06 bits per heavy atom. The highest BCUT2D eigenvalue weighted by atomic mass is 32.2.